The van der Waals surface area contributed by atoms with Crippen molar-refractivity contribution < 1.29 is 14.3 Å². The number of fused-ring (bicyclic) bond motifs is 1. The fourth-order valence-corrected chi connectivity index (χ4v) is 3.53. The number of carbonyl (C=O) groups excluding carboxylic acids is 1. The van der Waals surface area contributed by atoms with Gasteiger partial charge in [0.15, 0.2) is 11.5 Å². The molecule has 0 aliphatic carbocycles. The summed E-state index contributed by atoms with van der Waals surface area (Å²) in [4.78, 5) is 14.0. The number of unbranched alkanes of at least 4 members (excludes halogenated alkanes) is 5. The van der Waals surface area contributed by atoms with Crippen LogP contribution >= 0.6 is 0 Å². The van der Waals surface area contributed by atoms with Gasteiger partial charge in [-0.3, -0.25) is 4.79 Å². The summed E-state index contributed by atoms with van der Waals surface area (Å²) in [5, 5.41) is 0. The molecule has 3 rings (SSSR count). The summed E-state index contributed by atoms with van der Waals surface area (Å²) >= 11 is 0. The number of hydrogen-bond acceptors (Lipinski definition) is 3. The van der Waals surface area contributed by atoms with Gasteiger partial charge in [0.05, 0.1) is 0 Å². The summed E-state index contributed by atoms with van der Waals surface area (Å²) in [7, 11) is 0. The van der Waals surface area contributed by atoms with Crippen molar-refractivity contribution in [2.45, 2.75) is 64.2 Å². The van der Waals surface area contributed by atoms with E-state index >= 15 is 0 Å². The lowest BCUT2D eigenvalue weighted by Crippen LogP contribution is -2.27. The van der Waals surface area contributed by atoms with Gasteiger partial charge in [0.25, 0.3) is 0 Å². The molecule has 0 saturated carbocycles. The van der Waals surface area contributed by atoms with Gasteiger partial charge in [-0.05, 0) is 49.8 Å². The Hall–Kier alpha value is -1.71. The highest BCUT2D eigenvalue weighted by Gasteiger charge is 2.16. The molecule has 2 heterocycles. The minimum Gasteiger partial charge on any atom is -0.454 e. The first-order valence-corrected chi connectivity index (χ1v) is 9.49. The highest BCUT2D eigenvalue weighted by Crippen LogP contribution is 2.32. The Morgan fingerprint density at radius 1 is 0.917 bits per heavy atom. The van der Waals surface area contributed by atoms with Crippen molar-refractivity contribution in [3.05, 3.63) is 23.8 Å². The number of carbonyl (C=O) groups is 1. The van der Waals surface area contributed by atoms with E-state index in [4.69, 9.17) is 9.47 Å². The molecular formula is C20H29NO3. The monoisotopic (exact) mass is 331 g/mol. The molecule has 0 spiro atoms. The third-order valence-electron chi connectivity index (χ3n) is 5.00. The van der Waals surface area contributed by atoms with E-state index in [1.165, 1.54) is 50.5 Å². The van der Waals surface area contributed by atoms with E-state index in [1.54, 1.807) is 0 Å². The number of hydrogen-bond donors (Lipinski definition) is 0. The number of aryl methyl sites for hydroxylation is 1. The number of likely N-dealkylation sites (tertiary alicyclic amines) is 1. The smallest absolute Gasteiger partial charge is 0.231 e. The molecule has 0 bridgehead atoms. The topological polar surface area (TPSA) is 38.8 Å². The summed E-state index contributed by atoms with van der Waals surface area (Å²) < 4.78 is 10.7. The van der Waals surface area contributed by atoms with E-state index in [-0.39, 0.29) is 0 Å². The number of nitrogens with zero attached hydrogens (tertiary/aromatic N) is 1. The summed E-state index contributed by atoms with van der Waals surface area (Å²) in [6.07, 6.45) is 11.4. The summed E-state index contributed by atoms with van der Waals surface area (Å²) in [5.74, 6) is 2.12. The maximum absolute atomic E-state index is 11.9. The molecule has 0 N–H and O–H groups in total. The molecule has 1 aromatic rings. The van der Waals surface area contributed by atoms with Gasteiger partial charge in [-0.2, -0.15) is 0 Å². The van der Waals surface area contributed by atoms with Crippen LogP contribution in [0.25, 0.3) is 0 Å². The van der Waals surface area contributed by atoms with Crippen molar-refractivity contribution in [1.82, 2.24) is 4.90 Å². The Morgan fingerprint density at radius 2 is 1.62 bits per heavy atom. The van der Waals surface area contributed by atoms with Gasteiger partial charge in [-0.1, -0.05) is 31.7 Å². The number of rotatable bonds is 9. The van der Waals surface area contributed by atoms with E-state index < -0.39 is 0 Å². The molecule has 2 aliphatic heterocycles. The van der Waals surface area contributed by atoms with Crippen LogP contribution in [0.4, 0.5) is 0 Å². The molecule has 4 nitrogen and oxygen atoms in total. The van der Waals surface area contributed by atoms with Crippen molar-refractivity contribution >= 4 is 5.91 Å². The molecule has 0 unspecified atom stereocenters. The predicted molar refractivity (Wildman–Crippen MR) is 94.4 cm³/mol. The van der Waals surface area contributed by atoms with Crippen LogP contribution in [0.2, 0.25) is 0 Å². The Kier molecular flexibility index (Phi) is 6.39. The third-order valence-corrected chi connectivity index (χ3v) is 5.00. The van der Waals surface area contributed by atoms with Gasteiger partial charge in [-0.15, -0.1) is 0 Å². The molecule has 2 aliphatic rings. The number of benzene rings is 1. The van der Waals surface area contributed by atoms with Gasteiger partial charge in [0.2, 0.25) is 12.7 Å². The molecule has 0 aromatic heterocycles. The molecule has 4 heteroatoms. The number of ether oxygens (including phenoxy) is 2. The second-order valence-electron chi connectivity index (χ2n) is 6.90. The lowest BCUT2D eigenvalue weighted by atomic mass is 10.0. The minimum absolute atomic E-state index is 0.346. The summed E-state index contributed by atoms with van der Waals surface area (Å²) in [5.41, 5.74) is 1.33. The third kappa shape index (κ3) is 4.89. The van der Waals surface area contributed by atoms with Crippen LogP contribution in [-0.2, 0) is 11.2 Å². The Balaban J connectivity index is 1.20. The highest BCUT2D eigenvalue weighted by molar-refractivity contribution is 5.76. The fourth-order valence-electron chi connectivity index (χ4n) is 3.53. The minimum atomic E-state index is 0.346. The standard InChI is InChI=1S/C20H29NO3/c22-20(21-13-7-8-14-21)10-6-4-2-1-3-5-9-17-11-12-18-19(15-17)24-16-23-18/h11-12,15H,1-10,13-14,16H2. The first-order valence-electron chi connectivity index (χ1n) is 9.49. The van der Waals surface area contributed by atoms with Crippen molar-refractivity contribution in [2.24, 2.45) is 0 Å². The lowest BCUT2D eigenvalue weighted by molar-refractivity contribution is -0.130. The van der Waals surface area contributed by atoms with E-state index in [9.17, 15) is 4.79 Å². The SMILES string of the molecule is O=C(CCCCCCCCc1ccc2c(c1)OCO2)N1CCCC1. The quantitative estimate of drug-likeness (QED) is 0.633. The summed E-state index contributed by atoms with van der Waals surface area (Å²) in [6, 6.07) is 6.25. The maximum Gasteiger partial charge on any atom is 0.231 e. The molecule has 0 radical (unpaired) electrons. The second kappa shape index (κ2) is 8.95. The van der Waals surface area contributed by atoms with Crippen LogP contribution in [0.3, 0.4) is 0 Å². The zero-order valence-electron chi connectivity index (χ0n) is 14.6. The molecule has 24 heavy (non-hydrogen) atoms. The summed E-state index contributed by atoms with van der Waals surface area (Å²) in [6.45, 7) is 2.32. The van der Waals surface area contributed by atoms with E-state index in [0.29, 0.717) is 12.7 Å². The van der Waals surface area contributed by atoms with E-state index in [1.807, 2.05) is 11.0 Å². The molecule has 1 aromatic carbocycles. The van der Waals surface area contributed by atoms with Crippen LogP contribution in [0, 0.1) is 0 Å². The average Bonchev–Trinajstić information content (AvgIpc) is 3.28. The average molecular weight is 331 g/mol. The molecular weight excluding hydrogens is 302 g/mol. The van der Waals surface area contributed by atoms with Crippen molar-refractivity contribution in [2.75, 3.05) is 19.9 Å². The van der Waals surface area contributed by atoms with Crippen LogP contribution < -0.4 is 9.47 Å². The zero-order chi connectivity index (χ0) is 16.6. The van der Waals surface area contributed by atoms with Crippen LogP contribution in [0.15, 0.2) is 18.2 Å². The molecule has 0 atom stereocenters. The van der Waals surface area contributed by atoms with Crippen LogP contribution in [-0.4, -0.2) is 30.7 Å². The molecule has 1 amide bonds. The fraction of sp³-hybridized carbons (Fsp3) is 0.650. The maximum atomic E-state index is 11.9. The lowest BCUT2D eigenvalue weighted by Gasteiger charge is -2.14. The highest BCUT2D eigenvalue weighted by atomic mass is 16.7. The van der Waals surface area contributed by atoms with Crippen LogP contribution in [0.5, 0.6) is 11.5 Å². The first kappa shape index (κ1) is 17.1. The van der Waals surface area contributed by atoms with Gasteiger partial charge in [-0.25, -0.2) is 0 Å². The molecule has 1 fully saturated rings. The normalized spacial score (nSPS) is 15.9. The van der Waals surface area contributed by atoms with Gasteiger partial charge in [0, 0.05) is 19.5 Å². The van der Waals surface area contributed by atoms with E-state index in [0.717, 1.165) is 43.9 Å². The van der Waals surface area contributed by atoms with Gasteiger partial charge in [0.1, 0.15) is 0 Å². The largest absolute Gasteiger partial charge is 0.454 e. The number of amides is 1. The predicted octanol–water partition coefficient (Wildman–Crippen LogP) is 4.31. The first-order chi connectivity index (χ1) is 11.8. The Bertz CT molecular complexity index is 538. The van der Waals surface area contributed by atoms with Gasteiger partial charge >= 0.3 is 0 Å². The zero-order valence-corrected chi connectivity index (χ0v) is 14.6. The van der Waals surface area contributed by atoms with Gasteiger partial charge < -0.3 is 14.4 Å². The molecule has 1 saturated heterocycles. The Labute approximate surface area is 145 Å². The van der Waals surface area contributed by atoms with Crippen molar-refractivity contribution in [3.8, 4) is 11.5 Å². The van der Waals surface area contributed by atoms with E-state index in [2.05, 4.69) is 12.1 Å². The van der Waals surface area contributed by atoms with Crippen molar-refractivity contribution in [1.29, 1.82) is 0 Å². The molecule has 132 valence electrons. The van der Waals surface area contributed by atoms with Crippen LogP contribution in [0.1, 0.15) is 63.4 Å². The van der Waals surface area contributed by atoms with Crippen molar-refractivity contribution in [3.63, 3.8) is 0 Å². The Morgan fingerprint density at radius 3 is 2.46 bits per heavy atom. The second-order valence-corrected chi connectivity index (χ2v) is 6.90.